The van der Waals surface area contributed by atoms with E-state index in [0.717, 1.165) is 26.2 Å². The summed E-state index contributed by atoms with van der Waals surface area (Å²) < 4.78 is 20.3. The molecule has 0 aromatic heterocycles. The summed E-state index contributed by atoms with van der Waals surface area (Å²) in [4.78, 5) is 40.6. The zero-order chi connectivity index (χ0) is 18.9. The third-order valence-electron chi connectivity index (χ3n) is 2.73. The Bertz CT molecular complexity index is 346. The molecular weight excluding hydrogens is 450 g/mol. The van der Waals surface area contributed by atoms with Crippen molar-refractivity contribution in [2.45, 2.75) is 25.7 Å². The third-order valence-corrected chi connectivity index (χ3v) is 4.46. The second-order valence-electron chi connectivity index (χ2n) is 5.16. The van der Waals surface area contributed by atoms with Gasteiger partial charge in [-0.3, -0.25) is 0 Å². The van der Waals surface area contributed by atoms with Crippen molar-refractivity contribution in [3.8, 4) is 0 Å². The maximum atomic E-state index is 10.2. The molecule has 16 heteroatoms. The predicted molar refractivity (Wildman–Crippen MR) is 87.3 cm³/mol. The van der Waals surface area contributed by atoms with E-state index in [2.05, 4.69) is 10.6 Å². The molecule has 0 radical (unpaired) electrons. The van der Waals surface area contributed by atoms with Crippen molar-refractivity contribution in [1.82, 2.24) is 10.6 Å². The third kappa shape index (κ3) is 52.2. The summed E-state index contributed by atoms with van der Waals surface area (Å²) in [5.74, 6) is 0. The van der Waals surface area contributed by atoms with E-state index in [1.54, 1.807) is 0 Å². The fourth-order valence-electron chi connectivity index (χ4n) is 1.60. The molecule has 28 heavy (non-hydrogen) atoms. The van der Waals surface area contributed by atoms with Crippen LogP contribution in [0.5, 0.6) is 0 Å². The molecule has 0 bridgehead atoms. The molecule has 0 fully saturated rings. The first kappa shape index (κ1) is 45.6. The fraction of sp³-hybridized carbons (Fsp3) is 1.00. The number of hydrogen-bond donors (Lipinski definition) is 4. The molecule has 0 rings (SSSR count). The molecule has 0 unspecified atom stereocenters. The van der Waals surface area contributed by atoms with Gasteiger partial charge < -0.3 is 50.8 Å². The Labute approximate surface area is 257 Å². The molecule has 6 N–H and O–H groups in total. The van der Waals surface area contributed by atoms with Gasteiger partial charge in [-0.15, -0.1) is 0 Å². The van der Waals surface area contributed by atoms with Crippen molar-refractivity contribution in [3.05, 3.63) is 0 Å². The van der Waals surface area contributed by atoms with Crippen LogP contribution in [0.4, 0.5) is 0 Å². The number of hydrogen-bond acceptors (Lipinski definition) is 10. The normalized spacial score (nSPS) is 10.2. The molecule has 0 spiro atoms. The fourth-order valence-corrected chi connectivity index (χ4v) is 2.82. The molecule has 0 saturated heterocycles. The SMILES string of the molecule is NCCNCCNCCN.O=P([O-])([O-])CCCCCCP(=O)([O-])[O-].[Na+].[Na+].[Na+].[Na+]. The zero-order valence-electron chi connectivity index (χ0n) is 18.0. The van der Waals surface area contributed by atoms with Gasteiger partial charge in [0, 0.05) is 39.3 Å². The summed E-state index contributed by atoms with van der Waals surface area (Å²) in [7, 11) is -8.85. The van der Waals surface area contributed by atoms with Crippen LogP contribution in [-0.4, -0.2) is 51.6 Å². The van der Waals surface area contributed by atoms with Gasteiger partial charge in [0.15, 0.2) is 0 Å². The van der Waals surface area contributed by atoms with Crippen LogP contribution in [0, 0.1) is 0 Å². The van der Waals surface area contributed by atoms with Crippen LogP contribution in [0.2, 0.25) is 0 Å². The molecule has 0 aromatic rings. The topological polar surface area (TPSA) is 202 Å². The van der Waals surface area contributed by atoms with Gasteiger partial charge >= 0.3 is 118 Å². The monoisotopic (exact) mass is 480 g/mol. The minimum atomic E-state index is -4.43. The summed E-state index contributed by atoms with van der Waals surface area (Å²) in [6, 6.07) is 0. The van der Waals surface area contributed by atoms with E-state index in [0.29, 0.717) is 25.9 Å². The maximum Gasteiger partial charge on any atom is 1.00 e. The minimum absolute atomic E-state index is 0. The molecule has 0 amide bonds. The van der Waals surface area contributed by atoms with Crippen molar-refractivity contribution in [2.24, 2.45) is 11.5 Å². The van der Waals surface area contributed by atoms with Crippen molar-refractivity contribution in [2.75, 3.05) is 51.6 Å². The van der Waals surface area contributed by atoms with Gasteiger partial charge in [0.2, 0.25) is 0 Å². The molecule has 0 saturated carbocycles. The van der Waals surface area contributed by atoms with Crippen LogP contribution in [0.3, 0.4) is 0 Å². The van der Waals surface area contributed by atoms with Gasteiger partial charge in [-0.1, -0.05) is 28.0 Å². The van der Waals surface area contributed by atoms with Crippen LogP contribution in [0.1, 0.15) is 25.7 Å². The molecule has 148 valence electrons. The standard InChI is InChI=1S/C6H18N4.C6H16O6P2.4Na/c7-1-3-9-5-6-10-4-2-8;7-13(8,9)5-3-1-2-4-6-14(10,11)12;;;;/h9-10H,1-8H2;1-6H2,(H2,7,8,9)(H2,10,11,12);;;;/q;;4*+1/p-4. The van der Waals surface area contributed by atoms with E-state index < -0.39 is 27.5 Å². The second-order valence-corrected chi connectivity index (χ2v) is 8.50. The van der Waals surface area contributed by atoms with Gasteiger partial charge in [0.25, 0.3) is 0 Å². The Morgan fingerprint density at radius 2 is 0.857 bits per heavy atom. The molecule has 0 heterocycles. The predicted octanol–water partition coefficient (Wildman–Crippen LogP) is -15.5. The van der Waals surface area contributed by atoms with Crippen LogP contribution in [0.25, 0.3) is 0 Å². The van der Waals surface area contributed by atoms with Crippen LogP contribution in [0.15, 0.2) is 0 Å². The van der Waals surface area contributed by atoms with Gasteiger partial charge in [-0.05, 0) is 25.2 Å². The van der Waals surface area contributed by atoms with E-state index in [9.17, 15) is 28.7 Å². The van der Waals surface area contributed by atoms with Gasteiger partial charge in [0.05, 0.1) is 0 Å². The van der Waals surface area contributed by atoms with Crippen molar-refractivity contribution < 1.29 is 147 Å². The number of nitrogens with one attached hydrogen (secondary N) is 2. The van der Waals surface area contributed by atoms with Gasteiger partial charge in [-0.25, -0.2) is 0 Å². The molecule has 0 aliphatic rings. The Kier molecular flexibility index (Phi) is 50.7. The molecule has 0 aliphatic carbocycles. The van der Waals surface area contributed by atoms with E-state index in [-0.39, 0.29) is 131 Å². The second kappa shape index (κ2) is 31.1. The summed E-state index contributed by atoms with van der Waals surface area (Å²) in [5, 5.41) is 6.33. The number of rotatable bonds is 14. The first-order valence-corrected chi connectivity index (χ1v) is 11.4. The number of nitrogens with two attached hydrogens (primary N) is 2. The van der Waals surface area contributed by atoms with Crippen LogP contribution >= 0.6 is 15.2 Å². The van der Waals surface area contributed by atoms with E-state index in [1.807, 2.05) is 0 Å². The maximum absolute atomic E-state index is 10.2. The van der Waals surface area contributed by atoms with E-state index >= 15 is 0 Å². The average molecular weight is 480 g/mol. The Balaban J connectivity index is -0.0000000786. The van der Waals surface area contributed by atoms with Gasteiger partial charge in [-0.2, -0.15) is 0 Å². The molecule has 10 nitrogen and oxygen atoms in total. The van der Waals surface area contributed by atoms with E-state index in [1.165, 1.54) is 0 Å². The van der Waals surface area contributed by atoms with Crippen LogP contribution < -0.4 is 160 Å². The Morgan fingerprint density at radius 1 is 0.571 bits per heavy atom. The van der Waals surface area contributed by atoms with Gasteiger partial charge in [0.1, 0.15) is 0 Å². The van der Waals surface area contributed by atoms with Crippen LogP contribution in [-0.2, 0) is 9.13 Å². The van der Waals surface area contributed by atoms with Crippen molar-refractivity contribution in [1.29, 1.82) is 0 Å². The first-order valence-electron chi connectivity index (χ1n) is 7.96. The molecule has 0 aliphatic heterocycles. The van der Waals surface area contributed by atoms with Crippen molar-refractivity contribution >= 4 is 15.2 Å². The summed E-state index contributed by atoms with van der Waals surface area (Å²) in [6.45, 7) is 5.14. The summed E-state index contributed by atoms with van der Waals surface area (Å²) in [6.07, 6.45) is 0.556. The Morgan fingerprint density at radius 3 is 1.07 bits per heavy atom. The Hall–Kier alpha value is 4.14. The molecule has 0 aromatic carbocycles. The number of unbranched alkanes of at least 4 members (excludes halogenated alkanes) is 3. The molecular formula is C12H30N4Na4O6P2. The van der Waals surface area contributed by atoms with Crippen molar-refractivity contribution in [3.63, 3.8) is 0 Å². The van der Waals surface area contributed by atoms with E-state index in [4.69, 9.17) is 11.5 Å². The summed E-state index contributed by atoms with van der Waals surface area (Å²) >= 11 is 0. The zero-order valence-corrected chi connectivity index (χ0v) is 27.8. The smallest absolute Gasteiger partial charge is 0.811 e. The molecule has 0 atom stereocenters. The quantitative estimate of drug-likeness (QED) is 0.105. The average Bonchev–Trinajstić information content (AvgIpc) is 2.45. The summed E-state index contributed by atoms with van der Waals surface area (Å²) in [5.41, 5.74) is 10.5. The largest absolute Gasteiger partial charge is 1.00 e. The minimum Gasteiger partial charge on any atom is -0.811 e. The first-order chi connectivity index (χ1) is 11.1.